The zero-order valence-electron chi connectivity index (χ0n) is 21.5. The highest BCUT2D eigenvalue weighted by molar-refractivity contribution is 5.92. The van der Waals surface area contributed by atoms with E-state index in [9.17, 15) is 27.5 Å². The molecule has 206 valence electrons. The van der Waals surface area contributed by atoms with Crippen LogP contribution in [0.5, 0.6) is 0 Å². The highest BCUT2D eigenvalue weighted by atomic mass is 19.4. The molecule has 2 fully saturated rings. The average Bonchev–Trinajstić information content (AvgIpc) is 3.25. The lowest BCUT2D eigenvalue weighted by molar-refractivity contribution is -0.140. The van der Waals surface area contributed by atoms with Gasteiger partial charge in [0, 0.05) is 58.8 Å². The number of nitrogens with zero attached hydrogens (tertiary/aromatic N) is 4. The summed E-state index contributed by atoms with van der Waals surface area (Å²) < 4.78 is 55.4. The Balaban J connectivity index is 1.13. The highest BCUT2D eigenvalue weighted by Gasteiger charge is 2.57. The molecule has 2 aliphatic carbocycles. The summed E-state index contributed by atoms with van der Waals surface area (Å²) in [6, 6.07) is 11.0. The summed E-state index contributed by atoms with van der Waals surface area (Å²) in [6.45, 7) is 2.53. The van der Waals surface area contributed by atoms with Crippen LogP contribution in [0, 0.1) is 23.6 Å². The van der Waals surface area contributed by atoms with Crippen molar-refractivity contribution in [2.75, 3.05) is 26.2 Å². The number of alkyl halides is 3. The molecule has 1 aromatic heterocycles. The van der Waals surface area contributed by atoms with Crippen molar-refractivity contribution in [1.82, 2.24) is 19.4 Å². The molecule has 2 unspecified atom stereocenters. The number of hydrogen-bond acceptors (Lipinski definition) is 4. The molecule has 1 N–H and O–H groups in total. The van der Waals surface area contributed by atoms with E-state index < -0.39 is 23.2 Å². The molecule has 3 aromatic rings. The molecule has 1 saturated heterocycles. The van der Waals surface area contributed by atoms with Gasteiger partial charge in [0.15, 0.2) is 0 Å². The standard InChI is InChI=1S/C29H30F4N4O2/c1-35-15-26(34-17-35)27(38)37(11-18-6-7-25(30)24(8-18)29(31,32)33)14-23-21-12-36(13-22(21)23)16-28(39)9-19-4-2-3-5-20(19)10-28/h2-8,15,17,21-23,39H,9-14,16H2,1H3. The Morgan fingerprint density at radius 2 is 1.79 bits per heavy atom. The fourth-order valence-electron chi connectivity index (χ4n) is 6.61. The minimum Gasteiger partial charge on any atom is -0.388 e. The summed E-state index contributed by atoms with van der Waals surface area (Å²) in [7, 11) is 1.74. The maximum Gasteiger partial charge on any atom is 0.419 e. The van der Waals surface area contributed by atoms with E-state index in [-0.39, 0.29) is 29.6 Å². The van der Waals surface area contributed by atoms with Crippen molar-refractivity contribution in [1.29, 1.82) is 0 Å². The number of hydrogen-bond donors (Lipinski definition) is 1. The van der Waals surface area contributed by atoms with Gasteiger partial charge in [-0.3, -0.25) is 9.69 Å². The highest BCUT2D eigenvalue weighted by Crippen LogP contribution is 2.52. The Hall–Kier alpha value is -3.24. The molecular formula is C29H30F4N4O2. The number of aryl methyl sites for hydroxylation is 1. The number of fused-ring (bicyclic) bond motifs is 2. The van der Waals surface area contributed by atoms with E-state index >= 15 is 0 Å². The van der Waals surface area contributed by atoms with Crippen LogP contribution in [0.25, 0.3) is 0 Å². The Morgan fingerprint density at radius 1 is 1.13 bits per heavy atom. The van der Waals surface area contributed by atoms with E-state index in [2.05, 4.69) is 22.0 Å². The number of aliphatic hydroxyl groups is 1. The number of piperidine rings is 1. The SMILES string of the molecule is Cn1cnc(C(=O)N(Cc2ccc(F)c(C(F)(F)F)c2)CC2C3CN(CC4(O)Cc5ccccc5C4)CC32)c1. The molecule has 10 heteroatoms. The fourth-order valence-corrected chi connectivity index (χ4v) is 6.61. The van der Waals surface area contributed by atoms with Crippen LogP contribution in [0.4, 0.5) is 17.6 Å². The van der Waals surface area contributed by atoms with Gasteiger partial charge in [-0.15, -0.1) is 0 Å². The zero-order chi connectivity index (χ0) is 27.5. The van der Waals surface area contributed by atoms with Gasteiger partial charge in [0.2, 0.25) is 0 Å². The number of carbonyl (C=O) groups is 1. The second-order valence-corrected chi connectivity index (χ2v) is 11.5. The lowest BCUT2D eigenvalue weighted by Gasteiger charge is -2.30. The summed E-state index contributed by atoms with van der Waals surface area (Å²) in [5.41, 5.74) is 0.696. The molecule has 0 radical (unpaired) electrons. The van der Waals surface area contributed by atoms with Crippen LogP contribution in [0.3, 0.4) is 0 Å². The summed E-state index contributed by atoms with van der Waals surface area (Å²) >= 11 is 0. The second kappa shape index (κ2) is 9.45. The molecule has 6 nitrogen and oxygen atoms in total. The predicted molar refractivity (Wildman–Crippen MR) is 135 cm³/mol. The topological polar surface area (TPSA) is 61.6 Å². The number of rotatable bonds is 7. The Morgan fingerprint density at radius 3 is 2.38 bits per heavy atom. The van der Waals surface area contributed by atoms with Crippen LogP contribution in [-0.2, 0) is 32.6 Å². The molecule has 6 rings (SSSR count). The van der Waals surface area contributed by atoms with Gasteiger partial charge in [0.05, 0.1) is 17.5 Å². The number of aromatic nitrogens is 2. The van der Waals surface area contributed by atoms with Gasteiger partial charge in [-0.1, -0.05) is 30.3 Å². The summed E-state index contributed by atoms with van der Waals surface area (Å²) in [4.78, 5) is 21.3. The summed E-state index contributed by atoms with van der Waals surface area (Å²) in [5, 5.41) is 11.2. The number of imidazole rings is 1. The van der Waals surface area contributed by atoms with Crippen molar-refractivity contribution in [2.24, 2.45) is 24.8 Å². The van der Waals surface area contributed by atoms with E-state index in [4.69, 9.17) is 0 Å². The maximum absolute atomic E-state index is 13.9. The molecule has 1 amide bonds. The maximum atomic E-state index is 13.9. The minimum absolute atomic E-state index is 0.0730. The summed E-state index contributed by atoms with van der Waals surface area (Å²) in [6.07, 6.45) is -0.458. The van der Waals surface area contributed by atoms with Crippen LogP contribution in [0.1, 0.15) is 32.7 Å². The van der Waals surface area contributed by atoms with Crippen LogP contribution in [-0.4, -0.2) is 62.1 Å². The number of likely N-dealkylation sites (tertiary alicyclic amines) is 1. The molecular weight excluding hydrogens is 512 g/mol. The fraction of sp³-hybridized carbons (Fsp3) is 0.448. The molecule has 2 aromatic carbocycles. The van der Waals surface area contributed by atoms with Gasteiger partial charge in [-0.05, 0) is 46.6 Å². The quantitative estimate of drug-likeness (QED) is 0.460. The average molecular weight is 543 g/mol. The molecule has 0 spiro atoms. The van der Waals surface area contributed by atoms with Crippen LogP contribution < -0.4 is 0 Å². The van der Waals surface area contributed by atoms with E-state index in [1.165, 1.54) is 28.4 Å². The predicted octanol–water partition coefficient (Wildman–Crippen LogP) is 3.93. The lowest BCUT2D eigenvalue weighted by atomic mass is 9.99. The largest absolute Gasteiger partial charge is 0.419 e. The van der Waals surface area contributed by atoms with E-state index in [1.54, 1.807) is 17.8 Å². The molecule has 0 bridgehead atoms. The first-order valence-corrected chi connectivity index (χ1v) is 13.1. The van der Waals surface area contributed by atoms with Gasteiger partial charge in [0.1, 0.15) is 11.5 Å². The first-order valence-electron chi connectivity index (χ1n) is 13.1. The third kappa shape index (κ3) is 5.19. The normalized spacial score (nSPS) is 23.5. The number of carbonyl (C=O) groups excluding carboxylic acids is 1. The summed E-state index contributed by atoms with van der Waals surface area (Å²) in [5.74, 6) is -0.774. The van der Waals surface area contributed by atoms with E-state index in [0.29, 0.717) is 37.8 Å². The number of β-amino-alcohol motifs (C(OH)–C–C–N with tert-alkyl or cyclic N) is 1. The number of halogens is 4. The molecule has 2 heterocycles. The second-order valence-electron chi connectivity index (χ2n) is 11.5. The van der Waals surface area contributed by atoms with Gasteiger partial charge in [-0.2, -0.15) is 13.2 Å². The van der Waals surface area contributed by atoms with Gasteiger partial charge >= 0.3 is 6.18 Å². The van der Waals surface area contributed by atoms with Crippen molar-refractivity contribution in [3.63, 3.8) is 0 Å². The minimum atomic E-state index is -4.82. The molecule has 3 aliphatic rings. The Bertz CT molecular complexity index is 1370. The third-order valence-corrected chi connectivity index (χ3v) is 8.47. The molecule has 1 aliphatic heterocycles. The first-order chi connectivity index (χ1) is 18.5. The van der Waals surface area contributed by atoms with Crippen molar-refractivity contribution in [3.05, 3.63) is 88.8 Å². The van der Waals surface area contributed by atoms with E-state index in [1.807, 2.05) is 12.1 Å². The van der Waals surface area contributed by atoms with Crippen LogP contribution >= 0.6 is 0 Å². The monoisotopic (exact) mass is 542 g/mol. The number of benzene rings is 2. The first kappa shape index (κ1) is 26.0. The van der Waals surface area contributed by atoms with Gasteiger partial charge < -0.3 is 14.6 Å². The van der Waals surface area contributed by atoms with Crippen molar-refractivity contribution in [2.45, 2.75) is 31.2 Å². The van der Waals surface area contributed by atoms with Gasteiger partial charge in [0.25, 0.3) is 5.91 Å². The Labute approximate surface area is 223 Å². The van der Waals surface area contributed by atoms with Crippen molar-refractivity contribution >= 4 is 5.91 Å². The smallest absolute Gasteiger partial charge is 0.388 e. The molecule has 1 saturated carbocycles. The van der Waals surface area contributed by atoms with Crippen molar-refractivity contribution in [3.8, 4) is 0 Å². The number of amides is 1. The zero-order valence-corrected chi connectivity index (χ0v) is 21.5. The Kier molecular flexibility index (Phi) is 6.30. The van der Waals surface area contributed by atoms with E-state index in [0.717, 1.165) is 25.2 Å². The molecule has 39 heavy (non-hydrogen) atoms. The van der Waals surface area contributed by atoms with Gasteiger partial charge in [-0.25, -0.2) is 9.37 Å². The van der Waals surface area contributed by atoms with Crippen LogP contribution in [0.2, 0.25) is 0 Å². The lowest BCUT2D eigenvalue weighted by Crippen LogP contribution is -2.44. The third-order valence-electron chi connectivity index (χ3n) is 8.47. The molecule has 2 atom stereocenters. The van der Waals surface area contributed by atoms with Crippen molar-refractivity contribution < 1.29 is 27.5 Å². The van der Waals surface area contributed by atoms with Crippen LogP contribution in [0.15, 0.2) is 55.0 Å².